The highest BCUT2D eigenvalue weighted by molar-refractivity contribution is 5.89. The molecule has 2 aromatic carbocycles. The molecule has 2 amide bonds. The van der Waals surface area contributed by atoms with E-state index in [4.69, 9.17) is 4.74 Å². The van der Waals surface area contributed by atoms with Crippen molar-refractivity contribution in [1.82, 2.24) is 5.32 Å². The summed E-state index contributed by atoms with van der Waals surface area (Å²) >= 11 is 0. The molecule has 0 aliphatic carbocycles. The quantitative estimate of drug-likeness (QED) is 0.824. The van der Waals surface area contributed by atoms with Crippen molar-refractivity contribution in [2.24, 2.45) is 0 Å². The largest absolute Gasteiger partial charge is 0.491 e. The number of para-hydroxylation sites is 1. The lowest BCUT2D eigenvalue weighted by atomic mass is 10.1. The molecule has 0 aromatic heterocycles. The number of urea groups is 1. The zero-order valence-electron chi connectivity index (χ0n) is 13.0. The normalized spacial score (nSPS) is 10.3. The van der Waals surface area contributed by atoms with Crippen molar-refractivity contribution in [3.63, 3.8) is 0 Å². The Kier molecular flexibility index (Phi) is 5.51. The fraction of sp³-hybridized carbons (Fsp3) is 0.235. The molecule has 4 nitrogen and oxygen atoms in total. The van der Waals surface area contributed by atoms with E-state index in [0.717, 1.165) is 29.0 Å². The fourth-order valence-corrected chi connectivity index (χ4v) is 2.10. The standard InChI is InChI=1S/C17H18F2N2O2/c1-11-4-3-5-12(2)16(11)23-9-8-20-17(22)21-15-7-6-13(18)10-14(15)19/h3-7,10H,8-9H2,1-2H3,(H2,20,21,22). The Hall–Kier alpha value is -2.63. The number of carbonyl (C=O) groups is 1. The van der Waals surface area contributed by atoms with Crippen LogP contribution in [0.15, 0.2) is 36.4 Å². The van der Waals surface area contributed by atoms with Crippen LogP contribution in [-0.2, 0) is 0 Å². The number of aryl methyl sites for hydroxylation is 2. The number of rotatable bonds is 5. The van der Waals surface area contributed by atoms with Crippen LogP contribution >= 0.6 is 0 Å². The highest BCUT2D eigenvalue weighted by Crippen LogP contribution is 2.21. The first-order valence-electron chi connectivity index (χ1n) is 7.16. The summed E-state index contributed by atoms with van der Waals surface area (Å²) in [4.78, 5) is 11.7. The molecular formula is C17H18F2N2O2. The number of benzene rings is 2. The molecule has 6 heteroatoms. The van der Waals surface area contributed by atoms with Gasteiger partial charge in [0.2, 0.25) is 0 Å². The Bertz CT molecular complexity index is 685. The molecule has 0 aliphatic heterocycles. The monoisotopic (exact) mass is 320 g/mol. The third-order valence-corrected chi connectivity index (χ3v) is 3.22. The minimum absolute atomic E-state index is 0.0837. The van der Waals surface area contributed by atoms with E-state index >= 15 is 0 Å². The third kappa shape index (κ3) is 4.67. The van der Waals surface area contributed by atoms with Crippen LogP contribution in [-0.4, -0.2) is 19.2 Å². The highest BCUT2D eigenvalue weighted by Gasteiger charge is 2.08. The summed E-state index contributed by atoms with van der Waals surface area (Å²) in [5, 5.41) is 4.86. The lowest BCUT2D eigenvalue weighted by Gasteiger charge is -2.13. The van der Waals surface area contributed by atoms with Crippen LogP contribution in [0.5, 0.6) is 5.75 Å². The molecule has 23 heavy (non-hydrogen) atoms. The molecule has 122 valence electrons. The van der Waals surface area contributed by atoms with Gasteiger partial charge in [-0.25, -0.2) is 13.6 Å². The number of amides is 2. The van der Waals surface area contributed by atoms with Crippen LogP contribution in [0.3, 0.4) is 0 Å². The van der Waals surface area contributed by atoms with Crippen LogP contribution in [0, 0.1) is 25.5 Å². The molecule has 0 atom stereocenters. The fourth-order valence-electron chi connectivity index (χ4n) is 2.10. The van der Waals surface area contributed by atoms with Gasteiger partial charge >= 0.3 is 6.03 Å². The van der Waals surface area contributed by atoms with Gasteiger partial charge in [-0.15, -0.1) is 0 Å². The molecular weight excluding hydrogens is 302 g/mol. The van der Waals surface area contributed by atoms with Gasteiger partial charge < -0.3 is 15.4 Å². The molecule has 2 aromatic rings. The van der Waals surface area contributed by atoms with Gasteiger partial charge in [0, 0.05) is 6.07 Å². The molecule has 2 rings (SSSR count). The van der Waals surface area contributed by atoms with Gasteiger partial charge in [0.1, 0.15) is 24.0 Å². The van der Waals surface area contributed by atoms with Crippen LogP contribution in [0.25, 0.3) is 0 Å². The summed E-state index contributed by atoms with van der Waals surface area (Å²) in [6, 6.07) is 8.19. The molecule has 0 saturated heterocycles. The van der Waals surface area contributed by atoms with E-state index in [0.29, 0.717) is 6.07 Å². The molecule has 0 unspecified atom stereocenters. The summed E-state index contributed by atoms with van der Waals surface area (Å²) in [6.45, 7) is 4.42. The van der Waals surface area contributed by atoms with Gasteiger partial charge in [0.25, 0.3) is 0 Å². The van der Waals surface area contributed by atoms with Gasteiger partial charge in [-0.3, -0.25) is 0 Å². The SMILES string of the molecule is Cc1cccc(C)c1OCCNC(=O)Nc1ccc(F)cc1F. The highest BCUT2D eigenvalue weighted by atomic mass is 19.1. The Morgan fingerprint density at radius 3 is 2.48 bits per heavy atom. The summed E-state index contributed by atoms with van der Waals surface area (Å²) in [5.74, 6) is -0.735. The van der Waals surface area contributed by atoms with Gasteiger partial charge in [-0.05, 0) is 37.1 Å². The zero-order chi connectivity index (χ0) is 16.8. The summed E-state index contributed by atoms with van der Waals surface area (Å²) in [6.07, 6.45) is 0. The van der Waals surface area contributed by atoms with E-state index in [9.17, 15) is 13.6 Å². The number of ether oxygens (including phenoxy) is 1. The number of nitrogens with one attached hydrogen (secondary N) is 2. The van der Waals surface area contributed by atoms with Crippen LogP contribution in [0.2, 0.25) is 0 Å². The molecule has 0 bridgehead atoms. The summed E-state index contributed by atoms with van der Waals surface area (Å²) in [7, 11) is 0. The second kappa shape index (κ2) is 7.58. The maximum absolute atomic E-state index is 13.4. The minimum atomic E-state index is -0.827. The van der Waals surface area contributed by atoms with Crippen molar-refractivity contribution in [2.45, 2.75) is 13.8 Å². The lowest BCUT2D eigenvalue weighted by molar-refractivity contribution is 0.247. The van der Waals surface area contributed by atoms with Gasteiger partial charge in [0.05, 0.1) is 12.2 Å². The first-order chi connectivity index (χ1) is 11.0. The first kappa shape index (κ1) is 16.7. The number of carbonyl (C=O) groups excluding carboxylic acids is 1. The number of halogens is 2. The Labute approximate surface area is 133 Å². The average molecular weight is 320 g/mol. The van der Waals surface area contributed by atoms with E-state index in [2.05, 4.69) is 10.6 Å². The van der Waals surface area contributed by atoms with Crippen LogP contribution in [0.1, 0.15) is 11.1 Å². The number of hydrogen-bond acceptors (Lipinski definition) is 2. The van der Waals surface area contributed by atoms with E-state index in [-0.39, 0.29) is 18.8 Å². The molecule has 2 N–H and O–H groups in total. The second-order valence-electron chi connectivity index (χ2n) is 5.07. The van der Waals surface area contributed by atoms with Crippen molar-refractivity contribution >= 4 is 11.7 Å². The smallest absolute Gasteiger partial charge is 0.319 e. The topological polar surface area (TPSA) is 50.4 Å². The number of hydrogen-bond donors (Lipinski definition) is 2. The van der Waals surface area contributed by atoms with Crippen molar-refractivity contribution in [1.29, 1.82) is 0 Å². The van der Waals surface area contributed by atoms with Crippen molar-refractivity contribution in [3.05, 3.63) is 59.2 Å². The summed E-state index contributed by atoms with van der Waals surface area (Å²) in [5.41, 5.74) is 1.95. The molecule has 0 aliphatic rings. The Balaban J connectivity index is 1.79. The molecule has 0 spiro atoms. The molecule has 0 radical (unpaired) electrons. The van der Waals surface area contributed by atoms with Gasteiger partial charge in [0.15, 0.2) is 0 Å². The van der Waals surface area contributed by atoms with Crippen LogP contribution in [0.4, 0.5) is 19.3 Å². The third-order valence-electron chi connectivity index (χ3n) is 3.22. The molecule has 0 saturated carbocycles. The average Bonchev–Trinajstić information content (AvgIpc) is 2.49. The van der Waals surface area contributed by atoms with E-state index in [1.54, 1.807) is 0 Å². The van der Waals surface area contributed by atoms with Crippen LogP contribution < -0.4 is 15.4 Å². The maximum Gasteiger partial charge on any atom is 0.319 e. The van der Waals surface area contributed by atoms with Gasteiger partial charge in [-0.1, -0.05) is 18.2 Å². The van der Waals surface area contributed by atoms with E-state index < -0.39 is 17.7 Å². The molecule has 0 heterocycles. The van der Waals surface area contributed by atoms with Crippen molar-refractivity contribution in [3.8, 4) is 5.75 Å². The first-order valence-corrected chi connectivity index (χ1v) is 7.16. The second-order valence-corrected chi connectivity index (χ2v) is 5.07. The minimum Gasteiger partial charge on any atom is -0.491 e. The Morgan fingerprint density at radius 2 is 1.83 bits per heavy atom. The zero-order valence-corrected chi connectivity index (χ0v) is 13.0. The predicted octanol–water partition coefficient (Wildman–Crippen LogP) is 3.78. The maximum atomic E-state index is 13.4. The van der Waals surface area contributed by atoms with Crippen molar-refractivity contribution < 1.29 is 18.3 Å². The molecule has 0 fully saturated rings. The number of anilines is 1. The van der Waals surface area contributed by atoms with Gasteiger partial charge in [-0.2, -0.15) is 0 Å². The van der Waals surface area contributed by atoms with Crippen molar-refractivity contribution in [2.75, 3.05) is 18.5 Å². The lowest BCUT2D eigenvalue weighted by Crippen LogP contribution is -2.32. The van der Waals surface area contributed by atoms with E-state index in [1.165, 1.54) is 0 Å². The Morgan fingerprint density at radius 1 is 1.13 bits per heavy atom. The summed E-state index contributed by atoms with van der Waals surface area (Å²) < 4.78 is 31.8. The predicted molar refractivity (Wildman–Crippen MR) is 84.8 cm³/mol. The van der Waals surface area contributed by atoms with E-state index in [1.807, 2.05) is 32.0 Å².